The fourth-order valence-corrected chi connectivity index (χ4v) is 2.17. The molecule has 0 bridgehead atoms. The van der Waals surface area contributed by atoms with Gasteiger partial charge in [-0.15, -0.1) is 0 Å². The Morgan fingerprint density at radius 1 is 1.39 bits per heavy atom. The lowest BCUT2D eigenvalue weighted by Crippen LogP contribution is -2.40. The largest absolute Gasteiger partial charge is 0.393 e. The van der Waals surface area contributed by atoms with E-state index in [9.17, 15) is 4.79 Å². The SMILES string of the molecule is CC(C)C(C(=O)NCc1ccc(Cl)cc1)C(N)=S. The maximum absolute atomic E-state index is 12.0. The van der Waals surface area contributed by atoms with Gasteiger partial charge in [-0.3, -0.25) is 4.79 Å². The monoisotopic (exact) mass is 284 g/mol. The molecule has 1 rings (SSSR count). The number of halogens is 1. The number of benzene rings is 1. The van der Waals surface area contributed by atoms with E-state index in [2.05, 4.69) is 5.32 Å². The first kappa shape index (κ1) is 14.9. The van der Waals surface area contributed by atoms with Crippen LogP contribution < -0.4 is 11.1 Å². The first-order chi connectivity index (χ1) is 8.41. The summed E-state index contributed by atoms with van der Waals surface area (Å²) < 4.78 is 0. The number of carbonyl (C=O) groups is 1. The van der Waals surface area contributed by atoms with Gasteiger partial charge in [-0.2, -0.15) is 0 Å². The molecule has 0 saturated heterocycles. The molecule has 0 radical (unpaired) electrons. The van der Waals surface area contributed by atoms with E-state index in [1.54, 1.807) is 12.1 Å². The third kappa shape index (κ3) is 4.27. The van der Waals surface area contributed by atoms with E-state index in [0.717, 1.165) is 5.56 Å². The maximum Gasteiger partial charge on any atom is 0.230 e. The molecule has 0 saturated carbocycles. The molecule has 3 N–H and O–H groups in total. The predicted molar refractivity (Wildman–Crippen MR) is 78.4 cm³/mol. The van der Waals surface area contributed by atoms with E-state index in [0.29, 0.717) is 11.6 Å². The number of thiocarbonyl (C=S) groups is 1. The van der Waals surface area contributed by atoms with Crippen molar-refractivity contribution in [2.24, 2.45) is 17.6 Å². The van der Waals surface area contributed by atoms with Crippen LogP contribution in [-0.2, 0) is 11.3 Å². The van der Waals surface area contributed by atoms with Crippen LogP contribution in [-0.4, -0.2) is 10.9 Å². The van der Waals surface area contributed by atoms with Crippen molar-refractivity contribution >= 4 is 34.7 Å². The topological polar surface area (TPSA) is 55.1 Å². The van der Waals surface area contributed by atoms with Crippen LogP contribution >= 0.6 is 23.8 Å². The van der Waals surface area contributed by atoms with E-state index in [-0.39, 0.29) is 16.8 Å². The van der Waals surface area contributed by atoms with Crippen molar-refractivity contribution in [3.05, 3.63) is 34.9 Å². The molecule has 0 heterocycles. The van der Waals surface area contributed by atoms with Gasteiger partial charge in [0.2, 0.25) is 5.91 Å². The van der Waals surface area contributed by atoms with Crippen molar-refractivity contribution < 1.29 is 4.79 Å². The quantitative estimate of drug-likeness (QED) is 0.817. The van der Waals surface area contributed by atoms with E-state index >= 15 is 0 Å². The molecule has 1 atom stereocenters. The van der Waals surface area contributed by atoms with Gasteiger partial charge in [-0.05, 0) is 23.6 Å². The molecule has 0 spiro atoms. The summed E-state index contributed by atoms with van der Waals surface area (Å²) in [5.41, 5.74) is 6.56. The highest BCUT2D eigenvalue weighted by Crippen LogP contribution is 2.13. The minimum Gasteiger partial charge on any atom is -0.393 e. The molecule has 0 aliphatic carbocycles. The molecule has 5 heteroatoms. The number of rotatable bonds is 5. The van der Waals surface area contributed by atoms with E-state index in [1.807, 2.05) is 26.0 Å². The molecule has 0 aliphatic heterocycles. The first-order valence-corrected chi connectivity index (χ1v) is 6.52. The fourth-order valence-electron chi connectivity index (χ4n) is 1.66. The Labute approximate surface area is 118 Å². The highest BCUT2D eigenvalue weighted by Gasteiger charge is 2.24. The van der Waals surface area contributed by atoms with Gasteiger partial charge in [0.25, 0.3) is 0 Å². The third-order valence-corrected chi connectivity index (χ3v) is 3.14. The van der Waals surface area contributed by atoms with Crippen LogP contribution in [0.25, 0.3) is 0 Å². The standard InChI is InChI=1S/C13H17ClN2OS/c1-8(2)11(12(15)18)13(17)16-7-9-3-5-10(14)6-4-9/h3-6,8,11H,7H2,1-2H3,(H2,15,18)(H,16,17). The molecule has 0 aliphatic rings. The number of nitrogens with one attached hydrogen (secondary N) is 1. The zero-order valence-corrected chi connectivity index (χ0v) is 12.0. The van der Waals surface area contributed by atoms with Gasteiger partial charge in [-0.1, -0.05) is 49.8 Å². The van der Waals surface area contributed by atoms with Crippen molar-refractivity contribution in [3.8, 4) is 0 Å². The Balaban J connectivity index is 2.59. The smallest absolute Gasteiger partial charge is 0.230 e. The minimum absolute atomic E-state index is 0.0905. The summed E-state index contributed by atoms with van der Waals surface area (Å²) in [6, 6.07) is 7.31. The Morgan fingerprint density at radius 2 is 1.94 bits per heavy atom. The average molecular weight is 285 g/mol. The number of hydrogen-bond donors (Lipinski definition) is 2. The van der Waals surface area contributed by atoms with Crippen LogP contribution in [0.15, 0.2) is 24.3 Å². The molecule has 98 valence electrons. The summed E-state index contributed by atoms with van der Waals surface area (Å²) in [5.74, 6) is -0.465. The van der Waals surface area contributed by atoms with Gasteiger partial charge in [0.05, 0.1) is 10.9 Å². The third-order valence-electron chi connectivity index (χ3n) is 2.64. The zero-order chi connectivity index (χ0) is 13.7. The molecule has 1 unspecified atom stereocenters. The molecule has 1 aromatic rings. The van der Waals surface area contributed by atoms with Crippen molar-refractivity contribution in [1.82, 2.24) is 5.32 Å². The average Bonchev–Trinajstić information content (AvgIpc) is 2.27. The molecular weight excluding hydrogens is 268 g/mol. The maximum atomic E-state index is 12.0. The number of hydrogen-bond acceptors (Lipinski definition) is 2. The predicted octanol–water partition coefficient (Wildman–Crippen LogP) is 2.51. The number of nitrogens with two attached hydrogens (primary N) is 1. The molecular formula is C13H17ClN2OS. The van der Waals surface area contributed by atoms with Gasteiger partial charge in [0.1, 0.15) is 0 Å². The highest BCUT2D eigenvalue weighted by atomic mass is 35.5. The summed E-state index contributed by atoms with van der Waals surface area (Å²) in [6.07, 6.45) is 0. The number of amides is 1. The molecule has 18 heavy (non-hydrogen) atoms. The van der Waals surface area contributed by atoms with Gasteiger partial charge in [-0.25, -0.2) is 0 Å². The first-order valence-electron chi connectivity index (χ1n) is 5.73. The van der Waals surface area contributed by atoms with Crippen molar-refractivity contribution in [1.29, 1.82) is 0 Å². The van der Waals surface area contributed by atoms with Crippen LogP contribution in [0.1, 0.15) is 19.4 Å². The lowest BCUT2D eigenvalue weighted by Gasteiger charge is -2.18. The van der Waals surface area contributed by atoms with Crippen LogP contribution in [0.5, 0.6) is 0 Å². The van der Waals surface area contributed by atoms with E-state index in [1.165, 1.54) is 0 Å². The van der Waals surface area contributed by atoms with Crippen molar-refractivity contribution in [2.45, 2.75) is 20.4 Å². The Kier molecular flexibility index (Phi) is 5.56. The van der Waals surface area contributed by atoms with Crippen molar-refractivity contribution in [2.75, 3.05) is 0 Å². The summed E-state index contributed by atoms with van der Waals surface area (Å²) in [4.78, 5) is 12.2. The van der Waals surface area contributed by atoms with E-state index < -0.39 is 5.92 Å². The molecule has 3 nitrogen and oxygen atoms in total. The second-order valence-electron chi connectivity index (χ2n) is 4.47. The van der Waals surface area contributed by atoms with Crippen LogP contribution in [0.2, 0.25) is 5.02 Å². The second kappa shape index (κ2) is 6.71. The summed E-state index contributed by atoms with van der Waals surface area (Å²) in [7, 11) is 0. The van der Waals surface area contributed by atoms with Gasteiger partial charge >= 0.3 is 0 Å². The molecule has 0 fully saturated rings. The van der Waals surface area contributed by atoms with Gasteiger partial charge in [0, 0.05) is 11.6 Å². The summed E-state index contributed by atoms with van der Waals surface area (Å²) in [5, 5.41) is 3.51. The minimum atomic E-state index is -0.424. The lowest BCUT2D eigenvalue weighted by molar-refractivity contribution is -0.124. The molecule has 1 aromatic carbocycles. The Morgan fingerprint density at radius 3 is 2.39 bits per heavy atom. The van der Waals surface area contributed by atoms with E-state index in [4.69, 9.17) is 29.6 Å². The van der Waals surface area contributed by atoms with Gasteiger partial charge < -0.3 is 11.1 Å². The van der Waals surface area contributed by atoms with Crippen molar-refractivity contribution in [3.63, 3.8) is 0 Å². The normalized spacial score (nSPS) is 12.2. The lowest BCUT2D eigenvalue weighted by atomic mass is 9.95. The van der Waals surface area contributed by atoms with Crippen LogP contribution in [0, 0.1) is 11.8 Å². The second-order valence-corrected chi connectivity index (χ2v) is 5.38. The van der Waals surface area contributed by atoms with Crippen LogP contribution in [0.4, 0.5) is 0 Å². The Hall–Kier alpha value is -1.13. The summed E-state index contributed by atoms with van der Waals surface area (Å²) >= 11 is 10.7. The fraction of sp³-hybridized carbons (Fsp3) is 0.385. The summed E-state index contributed by atoms with van der Waals surface area (Å²) in [6.45, 7) is 4.29. The highest BCUT2D eigenvalue weighted by molar-refractivity contribution is 7.80. The molecule has 0 aromatic heterocycles. The van der Waals surface area contributed by atoms with Gasteiger partial charge in [0.15, 0.2) is 0 Å². The number of carbonyl (C=O) groups excluding carboxylic acids is 1. The Bertz CT molecular complexity index is 431. The molecule has 1 amide bonds. The van der Waals surface area contributed by atoms with Crippen LogP contribution in [0.3, 0.4) is 0 Å². The zero-order valence-electron chi connectivity index (χ0n) is 10.4.